The summed E-state index contributed by atoms with van der Waals surface area (Å²) in [5.74, 6) is -0.589. The Morgan fingerprint density at radius 3 is 2.43 bits per heavy atom. The van der Waals surface area contributed by atoms with Crippen LogP contribution in [0.1, 0.15) is 10.4 Å². The highest BCUT2D eigenvalue weighted by molar-refractivity contribution is 7.90. The summed E-state index contributed by atoms with van der Waals surface area (Å²) >= 11 is 6.04. The average Bonchev–Trinajstić information content (AvgIpc) is 2.92. The summed E-state index contributed by atoms with van der Waals surface area (Å²) in [5, 5.41) is 2.93. The fourth-order valence-electron chi connectivity index (χ4n) is 3.01. The maximum absolute atomic E-state index is 12.6. The lowest BCUT2D eigenvalue weighted by atomic mass is 10.2. The Bertz CT molecular complexity index is 1250. The summed E-state index contributed by atoms with van der Waals surface area (Å²) in [6.45, 7) is -0.673. The number of rotatable bonds is 5. The second kappa shape index (κ2) is 7.81. The largest absolute Gasteiger partial charge is 0.455 e. The highest BCUT2D eigenvalue weighted by atomic mass is 35.5. The van der Waals surface area contributed by atoms with Crippen molar-refractivity contribution in [1.29, 1.82) is 0 Å². The van der Waals surface area contributed by atoms with Crippen LogP contribution in [0.15, 0.2) is 77.7 Å². The van der Waals surface area contributed by atoms with E-state index in [0.717, 1.165) is 0 Å². The first-order chi connectivity index (χ1) is 14.4. The summed E-state index contributed by atoms with van der Waals surface area (Å²) in [5.41, 5.74) is 0.291. The number of benzene rings is 3. The first-order valence-corrected chi connectivity index (χ1v) is 10.7. The molecule has 0 bridgehead atoms. The van der Waals surface area contributed by atoms with Gasteiger partial charge in [0.15, 0.2) is 5.75 Å². The molecule has 152 valence electrons. The number of hydrogen-bond donors (Lipinski definition) is 1. The molecule has 0 aromatic heterocycles. The monoisotopic (exact) mass is 442 g/mol. The van der Waals surface area contributed by atoms with Gasteiger partial charge in [-0.2, -0.15) is 0 Å². The molecule has 0 atom stereocenters. The zero-order valence-corrected chi connectivity index (χ0v) is 17.0. The number of nitrogens with zero attached hydrogens (tertiary/aromatic N) is 1. The first kappa shape index (κ1) is 19.9. The molecular formula is C21H15ClN2O5S. The summed E-state index contributed by atoms with van der Waals surface area (Å²) in [7, 11) is -4.08. The lowest BCUT2D eigenvalue weighted by molar-refractivity contribution is -0.116. The number of anilines is 1. The molecule has 1 heterocycles. The zero-order valence-electron chi connectivity index (χ0n) is 15.4. The molecule has 2 amide bonds. The normalized spacial score (nSPS) is 14.3. The Balaban J connectivity index is 1.55. The molecular weight excluding hydrogens is 428 g/mol. The van der Waals surface area contributed by atoms with Gasteiger partial charge in [0.2, 0.25) is 5.91 Å². The van der Waals surface area contributed by atoms with Gasteiger partial charge >= 0.3 is 0 Å². The van der Waals surface area contributed by atoms with Gasteiger partial charge in [0.25, 0.3) is 15.9 Å². The second-order valence-electron chi connectivity index (χ2n) is 6.42. The molecule has 0 saturated heterocycles. The topological polar surface area (TPSA) is 92.8 Å². The Morgan fingerprint density at radius 1 is 1.00 bits per heavy atom. The molecule has 3 aromatic rings. The van der Waals surface area contributed by atoms with Crippen LogP contribution >= 0.6 is 11.6 Å². The quantitative estimate of drug-likeness (QED) is 0.646. The van der Waals surface area contributed by atoms with Crippen molar-refractivity contribution < 1.29 is 22.7 Å². The minimum atomic E-state index is -4.08. The van der Waals surface area contributed by atoms with Crippen LogP contribution in [-0.2, 0) is 14.8 Å². The van der Waals surface area contributed by atoms with Crippen LogP contribution in [0.4, 0.5) is 5.69 Å². The van der Waals surface area contributed by atoms with E-state index in [1.807, 2.05) is 6.07 Å². The number of hydrogen-bond acceptors (Lipinski definition) is 5. The van der Waals surface area contributed by atoms with Gasteiger partial charge in [-0.05, 0) is 42.5 Å². The Morgan fingerprint density at radius 2 is 1.70 bits per heavy atom. The van der Waals surface area contributed by atoms with E-state index in [1.165, 1.54) is 24.3 Å². The maximum atomic E-state index is 12.6. The van der Waals surface area contributed by atoms with Crippen molar-refractivity contribution in [2.75, 3.05) is 11.9 Å². The first-order valence-electron chi connectivity index (χ1n) is 8.84. The van der Waals surface area contributed by atoms with Crippen LogP contribution in [0.2, 0.25) is 5.02 Å². The summed E-state index contributed by atoms with van der Waals surface area (Å²) in [6.07, 6.45) is 0. The fourth-order valence-corrected chi connectivity index (χ4v) is 4.71. The lowest BCUT2D eigenvalue weighted by Gasteiger charge is -2.16. The fraction of sp³-hybridized carbons (Fsp3) is 0.0476. The van der Waals surface area contributed by atoms with E-state index in [1.54, 1.807) is 42.5 Å². The van der Waals surface area contributed by atoms with Gasteiger partial charge in [-0.3, -0.25) is 9.59 Å². The molecule has 0 fully saturated rings. The number of fused-ring (bicyclic) bond motifs is 1. The molecule has 1 aliphatic heterocycles. The predicted octanol–water partition coefficient (Wildman–Crippen LogP) is 3.92. The van der Waals surface area contributed by atoms with Crippen molar-refractivity contribution in [2.24, 2.45) is 0 Å². The molecule has 9 heteroatoms. The third-order valence-corrected chi connectivity index (χ3v) is 6.41. The zero-order chi connectivity index (χ0) is 21.3. The van der Waals surface area contributed by atoms with E-state index < -0.39 is 28.4 Å². The highest BCUT2D eigenvalue weighted by Crippen LogP contribution is 2.33. The van der Waals surface area contributed by atoms with Crippen LogP contribution in [-0.4, -0.2) is 31.1 Å². The highest BCUT2D eigenvalue weighted by Gasteiger charge is 2.41. The molecule has 4 rings (SSSR count). The van der Waals surface area contributed by atoms with Crippen molar-refractivity contribution in [3.05, 3.63) is 83.4 Å². The number of nitrogens with one attached hydrogen (secondary N) is 1. The van der Waals surface area contributed by atoms with Crippen LogP contribution < -0.4 is 10.1 Å². The van der Waals surface area contributed by atoms with Crippen LogP contribution in [0.25, 0.3) is 0 Å². The number of sulfonamides is 1. The number of para-hydroxylation sites is 1. The number of amides is 2. The number of carbonyl (C=O) groups is 2. The van der Waals surface area contributed by atoms with Crippen molar-refractivity contribution in [3.8, 4) is 11.5 Å². The van der Waals surface area contributed by atoms with Crippen LogP contribution in [0.5, 0.6) is 11.5 Å². The number of ether oxygens (including phenoxy) is 1. The Kier molecular flexibility index (Phi) is 5.19. The Labute approximate surface area is 177 Å². The average molecular weight is 443 g/mol. The van der Waals surface area contributed by atoms with E-state index in [2.05, 4.69) is 5.32 Å². The van der Waals surface area contributed by atoms with Gasteiger partial charge in [-0.15, -0.1) is 0 Å². The van der Waals surface area contributed by atoms with Gasteiger partial charge in [0.05, 0.1) is 11.3 Å². The van der Waals surface area contributed by atoms with Crippen molar-refractivity contribution >= 4 is 39.1 Å². The summed E-state index contributed by atoms with van der Waals surface area (Å²) < 4.78 is 31.6. The predicted molar refractivity (Wildman–Crippen MR) is 111 cm³/mol. The van der Waals surface area contributed by atoms with Gasteiger partial charge in [-0.25, -0.2) is 12.7 Å². The molecule has 0 spiro atoms. The molecule has 1 N–H and O–H groups in total. The molecule has 0 radical (unpaired) electrons. The molecule has 7 nitrogen and oxygen atoms in total. The molecule has 0 aliphatic carbocycles. The van der Waals surface area contributed by atoms with Gasteiger partial charge in [0, 0.05) is 5.02 Å². The van der Waals surface area contributed by atoms with E-state index in [-0.39, 0.29) is 16.1 Å². The second-order valence-corrected chi connectivity index (χ2v) is 8.68. The molecule has 0 saturated carbocycles. The van der Waals surface area contributed by atoms with E-state index in [4.69, 9.17) is 16.3 Å². The van der Waals surface area contributed by atoms with Gasteiger partial charge in [-0.1, -0.05) is 41.9 Å². The van der Waals surface area contributed by atoms with Crippen molar-refractivity contribution in [2.45, 2.75) is 4.90 Å². The van der Waals surface area contributed by atoms with Crippen molar-refractivity contribution in [3.63, 3.8) is 0 Å². The third kappa shape index (κ3) is 3.74. The number of halogens is 1. The molecule has 1 aliphatic rings. The lowest BCUT2D eigenvalue weighted by Crippen LogP contribution is -2.37. The van der Waals surface area contributed by atoms with Gasteiger partial charge < -0.3 is 10.1 Å². The van der Waals surface area contributed by atoms with E-state index in [9.17, 15) is 18.0 Å². The van der Waals surface area contributed by atoms with Crippen LogP contribution in [0.3, 0.4) is 0 Å². The minimum absolute atomic E-state index is 0.0427. The van der Waals surface area contributed by atoms with Gasteiger partial charge in [0.1, 0.15) is 17.2 Å². The maximum Gasteiger partial charge on any atom is 0.269 e. The van der Waals surface area contributed by atoms with Crippen LogP contribution in [0, 0.1) is 0 Å². The van der Waals surface area contributed by atoms with E-state index in [0.29, 0.717) is 20.8 Å². The molecule has 3 aromatic carbocycles. The SMILES string of the molecule is O=C(CN1C(=O)c2ccccc2S1(=O)=O)Nc1cc(Cl)ccc1Oc1ccccc1. The summed E-state index contributed by atoms with van der Waals surface area (Å²) in [4.78, 5) is 25.0. The van der Waals surface area contributed by atoms with E-state index >= 15 is 0 Å². The molecule has 30 heavy (non-hydrogen) atoms. The van der Waals surface area contributed by atoms with Crippen molar-refractivity contribution in [1.82, 2.24) is 4.31 Å². The minimum Gasteiger partial charge on any atom is -0.455 e. The summed E-state index contributed by atoms with van der Waals surface area (Å²) in [6, 6.07) is 19.4. The Hall–Kier alpha value is -3.36. The smallest absolute Gasteiger partial charge is 0.269 e. The number of carbonyl (C=O) groups excluding carboxylic acids is 2. The molecule has 0 unspecified atom stereocenters. The third-order valence-electron chi connectivity index (χ3n) is 4.39. The standard InChI is InChI=1S/C21H15ClN2O5S/c22-14-10-11-18(29-15-6-2-1-3-7-15)17(12-14)23-20(25)13-24-21(26)16-8-4-5-9-19(16)30(24,27)28/h1-12H,13H2,(H,23,25).